The number of carbonyl (C=O) groups is 1. The van der Waals surface area contributed by atoms with Gasteiger partial charge >= 0.3 is 5.97 Å². The zero-order valence-electron chi connectivity index (χ0n) is 7.83. The van der Waals surface area contributed by atoms with E-state index >= 15 is 0 Å². The minimum atomic E-state index is -1.11. The predicted octanol–water partition coefficient (Wildman–Crippen LogP) is 0.334. The molecule has 0 saturated carbocycles. The van der Waals surface area contributed by atoms with Crippen LogP contribution in [0.2, 0.25) is 0 Å². The van der Waals surface area contributed by atoms with Crippen molar-refractivity contribution in [3.8, 4) is 0 Å². The Kier molecular flexibility index (Phi) is 3.62. The lowest BCUT2D eigenvalue weighted by Gasteiger charge is -2.22. The molecule has 0 aliphatic heterocycles. The van der Waals surface area contributed by atoms with Gasteiger partial charge in [-0.2, -0.15) is 0 Å². The van der Waals surface area contributed by atoms with Crippen LogP contribution in [0.5, 0.6) is 0 Å². The number of aliphatic carboxylic acids is 1. The van der Waals surface area contributed by atoms with Crippen molar-refractivity contribution in [2.75, 3.05) is 5.23 Å². The number of carboxylic acids is 1. The molecule has 0 fully saturated rings. The largest absolute Gasteiger partial charge is 0.733 e. The molecule has 0 radical (unpaired) electrons. The first-order valence-corrected chi connectivity index (χ1v) is 4.24. The summed E-state index contributed by atoms with van der Waals surface area (Å²) < 4.78 is 0. The molecular weight excluding hydrogens is 200 g/mol. The number of anilines is 1. The Morgan fingerprint density at radius 1 is 1.60 bits per heavy atom. The highest BCUT2D eigenvalue weighted by Crippen LogP contribution is 2.14. The molecule has 0 amide bonds. The van der Waals surface area contributed by atoms with Gasteiger partial charge in [-0.25, -0.2) is 0 Å². The van der Waals surface area contributed by atoms with Crippen molar-refractivity contribution in [3.63, 3.8) is 0 Å². The fourth-order valence-corrected chi connectivity index (χ4v) is 1.14. The lowest BCUT2D eigenvalue weighted by atomic mass is 10.1. The Labute approximate surface area is 86.1 Å². The average Bonchev–Trinajstić information content (AvgIpc) is 2.18. The van der Waals surface area contributed by atoms with Crippen LogP contribution in [0.4, 0.5) is 5.69 Å². The molecule has 1 rings (SSSR count). The van der Waals surface area contributed by atoms with Crippen LogP contribution in [0.3, 0.4) is 0 Å². The summed E-state index contributed by atoms with van der Waals surface area (Å²) in [5, 5.41) is 27.5. The molecule has 0 spiro atoms. The molecule has 1 aromatic rings. The summed E-state index contributed by atoms with van der Waals surface area (Å²) in [4.78, 5) is 10.5. The molecule has 1 atom stereocenters. The van der Waals surface area contributed by atoms with Gasteiger partial charge in [0.05, 0.1) is 5.69 Å². The van der Waals surface area contributed by atoms with Crippen LogP contribution in [0.15, 0.2) is 24.3 Å². The van der Waals surface area contributed by atoms with Crippen LogP contribution < -0.4 is 11.0 Å². The smallest absolute Gasteiger partial charge is 0.320 e. The van der Waals surface area contributed by atoms with Gasteiger partial charge in [0.15, 0.2) is 0 Å². The molecule has 0 aromatic heterocycles. The molecular formula is C9H11N2O4-. The maximum atomic E-state index is 10.5. The van der Waals surface area contributed by atoms with Crippen molar-refractivity contribution in [1.82, 2.24) is 0 Å². The second-order valence-corrected chi connectivity index (χ2v) is 3.09. The van der Waals surface area contributed by atoms with E-state index < -0.39 is 12.0 Å². The molecule has 4 N–H and O–H groups in total. The van der Waals surface area contributed by atoms with Crippen LogP contribution in [-0.4, -0.2) is 22.3 Å². The summed E-state index contributed by atoms with van der Waals surface area (Å²) in [7, 11) is 0. The third-order valence-corrected chi connectivity index (χ3v) is 1.90. The van der Waals surface area contributed by atoms with Gasteiger partial charge in [-0.1, -0.05) is 12.1 Å². The fraction of sp³-hybridized carbons (Fsp3) is 0.222. The predicted molar refractivity (Wildman–Crippen MR) is 53.4 cm³/mol. The normalized spacial score (nSPS) is 12.2. The maximum Gasteiger partial charge on any atom is 0.320 e. The monoisotopic (exact) mass is 211 g/mol. The van der Waals surface area contributed by atoms with Gasteiger partial charge in [-0.3, -0.25) is 10.0 Å². The minimum Gasteiger partial charge on any atom is -0.733 e. The highest BCUT2D eigenvalue weighted by molar-refractivity contribution is 5.73. The highest BCUT2D eigenvalue weighted by atomic mass is 16.8. The van der Waals surface area contributed by atoms with Gasteiger partial charge in [0.2, 0.25) is 0 Å². The Morgan fingerprint density at radius 3 is 2.80 bits per heavy atom. The van der Waals surface area contributed by atoms with Crippen LogP contribution in [0.25, 0.3) is 0 Å². The first-order valence-electron chi connectivity index (χ1n) is 4.24. The van der Waals surface area contributed by atoms with E-state index in [4.69, 9.17) is 16.0 Å². The van der Waals surface area contributed by atoms with Crippen LogP contribution >= 0.6 is 0 Å². The third kappa shape index (κ3) is 3.21. The second kappa shape index (κ2) is 4.74. The Morgan fingerprint density at radius 2 is 2.27 bits per heavy atom. The third-order valence-electron chi connectivity index (χ3n) is 1.90. The van der Waals surface area contributed by atoms with E-state index in [0.717, 1.165) is 0 Å². The standard InChI is InChI=1S/C9H11N2O4/c10-8(9(12)13)5-6-2-1-3-7(4-6)11(14)15/h1-4,8,14H,5,10H2,(H,12,13)/q-1. The second-order valence-electron chi connectivity index (χ2n) is 3.09. The first kappa shape index (κ1) is 11.4. The molecule has 0 saturated heterocycles. The molecule has 0 heterocycles. The van der Waals surface area contributed by atoms with Crippen LogP contribution in [-0.2, 0) is 11.2 Å². The van der Waals surface area contributed by atoms with Crippen molar-refractivity contribution in [1.29, 1.82) is 0 Å². The Balaban J connectivity index is 2.78. The van der Waals surface area contributed by atoms with E-state index in [9.17, 15) is 10.0 Å². The summed E-state index contributed by atoms with van der Waals surface area (Å²) in [6.07, 6.45) is 0.108. The van der Waals surface area contributed by atoms with Crippen molar-refractivity contribution in [2.24, 2.45) is 5.73 Å². The zero-order chi connectivity index (χ0) is 11.4. The lowest BCUT2D eigenvalue weighted by molar-refractivity contribution is -0.138. The van der Waals surface area contributed by atoms with E-state index in [1.165, 1.54) is 12.1 Å². The molecule has 15 heavy (non-hydrogen) atoms. The van der Waals surface area contributed by atoms with E-state index in [2.05, 4.69) is 0 Å². The first-order chi connectivity index (χ1) is 7.00. The zero-order valence-corrected chi connectivity index (χ0v) is 7.83. The molecule has 82 valence electrons. The van der Waals surface area contributed by atoms with Gasteiger partial charge in [0.1, 0.15) is 6.04 Å². The number of carboxylic acid groups (broad SMARTS) is 1. The van der Waals surface area contributed by atoms with Gasteiger partial charge in [-0.05, 0) is 24.1 Å². The highest BCUT2D eigenvalue weighted by Gasteiger charge is 2.12. The summed E-state index contributed by atoms with van der Waals surface area (Å²) in [5.41, 5.74) is 5.95. The van der Waals surface area contributed by atoms with Crippen LogP contribution in [0.1, 0.15) is 5.56 Å². The number of nitrogens with two attached hydrogens (primary N) is 1. The number of rotatable bonds is 4. The molecule has 6 heteroatoms. The molecule has 1 unspecified atom stereocenters. The summed E-state index contributed by atoms with van der Waals surface area (Å²) in [6, 6.07) is 4.95. The van der Waals surface area contributed by atoms with Crippen molar-refractivity contribution in [3.05, 3.63) is 35.0 Å². The van der Waals surface area contributed by atoms with E-state index in [-0.39, 0.29) is 17.3 Å². The molecule has 6 nitrogen and oxygen atoms in total. The van der Waals surface area contributed by atoms with Gasteiger partial charge in [0, 0.05) is 0 Å². The van der Waals surface area contributed by atoms with Crippen molar-refractivity contribution in [2.45, 2.75) is 12.5 Å². The number of hydrogen-bond acceptors (Lipinski definition) is 5. The van der Waals surface area contributed by atoms with E-state index in [1.807, 2.05) is 0 Å². The number of nitrogens with zero attached hydrogens (tertiary/aromatic N) is 1. The van der Waals surface area contributed by atoms with E-state index in [0.29, 0.717) is 5.56 Å². The van der Waals surface area contributed by atoms with E-state index in [1.54, 1.807) is 12.1 Å². The fourth-order valence-electron chi connectivity index (χ4n) is 1.14. The molecule has 0 aliphatic rings. The molecule has 1 aromatic carbocycles. The topological polar surface area (TPSA) is 110 Å². The van der Waals surface area contributed by atoms with Gasteiger partial charge in [0.25, 0.3) is 0 Å². The van der Waals surface area contributed by atoms with Crippen molar-refractivity contribution < 1.29 is 15.1 Å². The summed E-state index contributed by atoms with van der Waals surface area (Å²) >= 11 is 0. The maximum absolute atomic E-state index is 10.5. The van der Waals surface area contributed by atoms with Crippen molar-refractivity contribution >= 4 is 11.7 Å². The summed E-state index contributed by atoms with van der Waals surface area (Å²) in [5.74, 6) is -1.11. The van der Waals surface area contributed by atoms with Gasteiger partial charge in [-0.15, -0.1) is 0 Å². The Hall–Kier alpha value is -1.63. The molecule has 0 aliphatic carbocycles. The SMILES string of the molecule is NC(Cc1cccc(N([O-])O)c1)C(=O)O. The van der Waals surface area contributed by atoms with Gasteiger partial charge < -0.3 is 21.3 Å². The minimum absolute atomic E-state index is 0.0464. The van der Waals surface area contributed by atoms with Crippen LogP contribution in [0, 0.1) is 5.21 Å². The lowest BCUT2D eigenvalue weighted by Crippen LogP contribution is -2.32. The number of hydrogen-bond donors (Lipinski definition) is 3. The summed E-state index contributed by atoms with van der Waals surface area (Å²) in [6.45, 7) is 0. The average molecular weight is 211 g/mol. The number of benzene rings is 1. The molecule has 0 bridgehead atoms. The quantitative estimate of drug-likeness (QED) is 0.619. The Bertz CT molecular complexity index is 354.